The fraction of sp³-hybridized carbons (Fsp3) is 0.318. The monoisotopic (exact) mass is 350 g/mol. The first-order chi connectivity index (χ1) is 12.4. The van der Waals surface area contributed by atoms with E-state index in [-0.39, 0.29) is 11.3 Å². The van der Waals surface area contributed by atoms with E-state index in [9.17, 15) is 4.79 Å². The fourth-order valence-corrected chi connectivity index (χ4v) is 3.03. The van der Waals surface area contributed by atoms with Crippen LogP contribution in [0.3, 0.4) is 0 Å². The molecule has 0 unspecified atom stereocenters. The molecule has 0 spiro atoms. The van der Waals surface area contributed by atoms with Crippen molar-refractivity contribution in [3.8, 4) is 0 Å². The molecule has 1 amide bonds. The lowest BCUT2D eigenvalue weighted by atomic mass is 9.87. The van der Waals surface area contributed by atoms with E-state index in [1.54, 1.807) is 7.11 Å². The van der Waals surface area contributed by atoms with Crippen LogP contribution in [-0.2, 0) is 16.7 Å². The molecule has 0 saturated carbocycles. The van der Waals surface area contributed by atoms with E-state index in [4.69, 9.17) is 4.74 Å². The van der Waals surface area contributed by atoms with Crippen LogP contribution >= 0.6 is 0 Å². The third-order valence-corrected chi connectivity index (χ3v) is 4.61. The minimum Gasteiger partial charge on any atom is -0.383 e. The number of aromatic nitrogens is 1. The number of fused-ring (bicyclic) bond motifs is 1. The van der Waals surface area contributed by atoms with Gasteiger partial charge < -0.3 is 14.6 Å². The number of methoxy groups -OCH3 is 1. The Bertz CT molecular complexity index is 902. The molecule has 4 nitrogen and oxygen atoms in total. The van der Waals surface area contributed by atoms with Gasteiger partial charge in [-0.05, 0) is 41.3 Å². The van der Waals surface area contributed by atoms with Gasteiger partial charge in [-0.2, -0.15) is 0 Å². The Kier molecular flexibility index (Phi) is 5.14. The Morgan fingerprint density at radius 1 is 1.08 bits per heavy atom. The first kappa shape index (κ1) is 18.2. The Morgan fingerprint density at radius 2 is 1.81 bits per heavy atom. The maximum absolute atomic E-state index is 12.7. The van der Waals surface area contributed by atoms with Crippen LogP contribution in [0.1, 0.15) is 36.7 Å². The van der Waals surface area contributed by atoms with Crippen LogP contribution in [-0.4, -0.2) is 24.2 Å². The van der Waals surface area contributed by atoms with E-state index >= 15 is 0 Å². The predicted octanol–water partition coefficient (Wildman–Crippen LogP) is 4.84. The van der Waals surface area contributed by atoms with Crippen molar-refractivity contribution in [1.82, 2.24) is 4.57 Å². The van der Waals surface area contributed by atoms with Crippen LogP contribution in [0, 0.1) is 0 Å². The average molecular weight is 350 g/mol. The fourth-order valence-electron chi connectivity index (χ4n) is 3.03. The van der Waals surface area contributed by atoms with Gasteiger partial charge in [-0.15, -0.1) is 0 Å². The molecule has 26 heavy (non-hydrogen) atoms. The van der Waals surface area contributed by atoms with E-state index in [1.807, 2.05) is 48.7 Å². The lowest BCUT2D eigenvalue weighted by molar-refractivity contribution is 0.102. The summed E-state index contributed by atoms with van der Waals surface area (Å²) < 4.78 is 7.29. The van der Waals surface area contributed by atoms with Gasteiger partial charge in [0.05, 0.1) is 17.8 Å². The number of carbonyl (C=O) groups is 1. The highest BCUT2D eigenvalue weighted by Crippen LogP contribution is 2.26. The third-order valence-electron chi connectivity index (χ3n) is 4.61. The van der Waals surface area contributed by atoms with E-state index in [0.29, 0.717) is 12.2 Å². The Balaban J connectivity index is 1.82. The molecule has 1 aromatic heterocycles. The molecule has 0 aliphatic rings. The maximum atomic E-state index is 12.7. The van der Waals surface area contributed by atoms with E-state index < -0.39 is 0 Å². The van der Waals surface area contributed by atoms with E-state index in [2.05, 4.69) is 36.7 Å². The SMILES string of the molecule is COCCn1ccc2c(NC(=O)c3ccc(C(C)(C)C)cc3)cccc21. The van der Waals surface area contributed by atoms with Gasteiger partial charge >= 0.3 is 0 Å². The minimum atomic E-state index is -0.0948. The smallest absolute Gasteiger partial charge is 0.255 e. The maximum Gasteiger partial charge on any atom is 0.255 e. The molecule has 0 radical (unpaired) electrons. The van der Waals surface area contributed by atoms with Crippen molar-refractivity contribution in [2.75, 3.05) is 19.0 Å². The topological polar surface area (TPSA) is 43.3 Å². The normalized spacial score (nSPS) is 11.7. The summed E-state index contributed by atoms with van der Waals surface area (Å²) in [5.74, 6) is -0.0948. The number of hydrogen-bond donors (Lipinski definition) is 1. The second-order valence-corrected chi connectivity index (χ2v) is 7.52. The van der Waals surface area contributed by atoms with Gasteiger partial charge in [-0.25, -0.2) is 0 Å². The molecular formula is C22H26N2O2. The van der Waals surface area contributed by atoms with Crippen LogP contribution in [0.2, 0.25) is 0 Å². The summed E-state index contributed by atoms with van der Waals surface area (Å²) in [6, 6.07) is 15.8. The van der Waals surface area contributed by atoms with E-state index in [0.717, 1.165) is 23.1 Å². The molecule has 0 aliphatic carbocycles. The van der Waals surface area contributed by atoms with Crippen molar-refractivity contribution >= 4 is 22.5 Å². The zero-order valence-electron chi connectivity index (χ0n) is 15.9. The zero-order chi connectivity index (χ0) is 18.7. The van der Waals surface area contributed by atoms with Gasteiger partial charge in [0.25, 0.3) is 5.91 Å². The molecular weight excluding hydrogens is 324 g/mol. The minimum absolute atomic E-state index is 0.0751. The summed E-state index contributed by atoms with van der Waals surface area (Å²) in [5.41, 5.74) is 3.86. The van der Waals surface area contributed by atoms with Crippen molar-refractivity contribution in [3.63, 3.8) is 0 Å². The zero-order valence-corrected chi connectivity index (χ0v) is 15.9. The number of carbonyl (C=O) groups excluding carboxylic acids is 1. The first-order valence-corrected chi connectivity index (χ1v) is 8.89. The van der Waals surface area contributed by atoms with Gasteiger partial charge in [0.15, 0.2) is 0 Å². The van der Waals surface area contributed by atoms with Crippen LogP contribution in [0.25, 0.3) is 10.9 Å². The Morgan fingerprint density at radius 3 is 2.46 bits per heavy atom. The van der Waals surface area contributed by atoms with E-state index in [1.165, 1.54) is 5.56 Å². The summed E-state index contributed by atoms with van der Waals surface area (Å²) >= 11 is 0. The summed E-state index contributed by atoms with van der Waals surface area (Å²) in [7, 11) is 1.70. The first-order valence-electron chi connectivity index (χ1n) is 8.89. The quantitative estimate of drug-likeness (QED) is 0.716. The number of hydrogen-bond acceptors (Lipinski definition) is 2. The number of rotatable bonds is 5. The summed E-state index contributed by atoms with van der Waals surface area (Å²) in [6.07, 6.45) is 2.03. The number of nitrogens with zero attached hydrogens (tertiary/aromatic N) is 1. The standard InChI is InChI=1S/C22H26N2O2/c1-22(2,3)17-10-8-16(9-11-17)21(25)23-19-6-5-7-20-18(19)12-13-24(20)14-15-26-4/h5-13H,14-15H2,1-4H3,(H,23,25). The molecule has 2 aromatic carbocycles. The summed E-state index contributed by atoms with van der Waals surface area (Å²) in [4.78, 5) is 12.7. The number of anilines is 1. The van der Waals surface area contributed by atoms with Gasteiger partial charge in [-0.3, -0.25) is 4.79 Å². The number of nitrogens with one attached hydrogen (secondary N) is 1. The van der Waals surface area contributed by atoms with Gasteiger partial charge in [0.2, 0.25) is 0 Å². The number of amides is 1. The van der Waals surface area contributed by atoms with Crippen molar-refractivity contribution in [3.05, 3.63) is 65.9 Å². The second kappa shape index (κ2) is 7.34. The van der Waals surface area contributed by atoms with Crippen molar-refractivity contribution in [2.45, 2.75) is 32.7 Å². The summed E-state index contributed by atoms with van der Waals surface area (Å²) in [6.45, 7) is 7.93. The van der Waals surface area contributed by atoms with Crippen molar-refractivity contribution in [1.29, 1.82) is 0 Å². The Hall–Kier alpha value is -2.59. The molecule has 136 valence electrons. The molecule has 1 heterocycles. The van der Waals surface area contributed by atoms with Gasteiger partial charge in [-0.1, -0.05) is 39.0 Å². The van der Waals surface area contributed by atoms with Gasteiger partial charge in [0.1, 0.15) is 0 Å². The van der Waals surface area contributed by atoms with Crippen LogP contribution < -0.4 is 5.32 Å². The lowest BCUT2D eigenvalue weighted by Gasteiger charge is -2.19. The number of benzene rings is 2. The predicted molar refractivity (Wildman–Crippen MR) is 107 cm³/mol. The molecule has 0 atom stereocenters. The molecule has 1 N–H and O–H groups in total. The molecule has 0 bridgehead atoms. The molecule has 3 rings (SSSR count). The highest BCUT2D eigenvalue weighted by Gasteiger charge is 2.15. The largest absolute Gasteiger partial charge is 0.383 e. The van der Waals surface area contributed by atoms with Crippen LogP contribution in [0.15, 0.2) is 54.7 Å². The molecule has 4 heteroatoms. The highest BCUT2D eigenvalue weighted by atomic mass is 16.5. The number of ether oxygens (including phenoxy) is 1. The molecule has 0 saturated heterocycles. The second-order valence-electron chi connectivity index (χ2n) is 7.52. The van der Waals surface area contributed by atoms with Crippen molar-refractivity contribution in [2.24, 2.45) is 0 Å². The van der Waals surface area contributed by atoms with Crippen molar-refractivity contribution < 1.29 is 9.53 Å². The molecule has 3 aromatic rings. The third kappa shape index (κ3) is 3.81. The molecule has 0 fully saturated rings. The highest BCUT2D eigenvalue weighted by molar-refractivity contribution is 6.08. The summed E-state index contributed by atoms with van der Waals surface area (Å²) in [5, 5.41) is 4.08. The van der Waals surface area contributed by atoms with Crippen LogP contribution in [0.5, 0.6) is 0 Å². The Labute approximate surface area is 154 Å². The van der Waals surface area contributed by atoms with Gasteiger partial charge in [0, 0.05) is 30.8 Å². The lowest BCUT2D eigenvalue weighted by Crippen LogP contribution is -2.14. The molecule has 0 aliphatic heterocycles. The van der Waals surface area contributed by atoms with Crippen LogP contribution in [0.4, 0.5) is 5.69 Å². The average Bonchev–Trinajstić information content (AvgIpc) is 3.03.